The van der Waals surface area contributed by atoms with E-state index in [9.17, 15) is 0 Å². The molecule has 0 unspecified atom stereocenters. The van der Waals surface area contributed by atoms with Gasteiger partial charge in [-0.2, -0.15) is 5.26 Å². The van der Waals surface area contributed by atoms with E-state index in [1.807, 2.05) is 6.07 Å². The summed E-state index contributed by atoms with van der Waals surface area (Å²) < 4.78 is 20.9. The van der Waals surface area contributed by atoms with Crippen LogP contribution in [-0.2, 0) is 4.74 Å². The summed E-state index contributed by atoms with van der Waals surface area (Å²) in [4.78, 5) is 0. The van der Waals surface area contributed by atoms with Crippen LogP contribution >= 0.6 is 0 Å². The number of benzene rings is 1. The van der Waals surface area contributed by atoms with E-state index in [2.05, 4.69) is 0 Å². The Bertz CT molecular complexity index is 478. The summed E-state index contributed by atoms with van der Waals surface area (Å²) in [6.07, 6.45) is 1.43. The van der Waals surface area contributed by atoms with Crippen LogP contribution < -0.4 is 14.2 Å². The Labute approximate surface area is 113 Å². The smallest absolute Gasteiger partial charge is 0.203 e. The molecule has 0 heterocycles. The van der Waals surface area contributed by atoms with Crippen LogP contribution in [-0.4, -0.2) is 35.0 Å². The second-order valence-corrected chi connectivity index (χ2v) is 3.65. The third kappa shape index (κ3) is 3.39. The lowest BCUT2D eigenvalue weighted by Gasteiger charge is -2.15. The fraction of sp³-hybridized carbons (Fsp3) is 0.357. The highest BCUT2D eigenvalue weighted by molar-refractivity contribution is 5.73. The molecule has 0 amide bonds. The molecule has 0 aromatic heterocycles. The molecule has 0 atom stereocenters. The molecule has 0 aliphatic carbocycles. The predicted octanol–water partition coefficient (Wildman–Crippen LogP) is 2.27. The summed E-state index contributed by atoms with van der Waals surface area (Å²) in [5.74, 6) is 1.59. The van der Waals surface area contributed by atoms with Crippen molar-refractivity contribution >= 4 is 5.57 Å². The SMILES string of the molecule is COCC(=CC#N)c1cc(OC)c(OC)c(OC)c1. The van der Waals surface area contributed by atoms with Crippen molar-refractivity contribution in [3.8, 4) is 23.3 Å². The minimum Gasteiger partial charge on any atom is -0.493 e. The number of rotatable bonds is 6. The molecule has 102 valence electrons. The highest BCUT2D eigenvalue weighted by atomic mass is 16.5. The Balaban J connectivity index is 3.37. The first-order valence-corrected chi connectivity index (χ1v) is 5.59. The standard InChI is InChI=1S/C14H17NO4/c1-16-9-10(5-6-15)11-7-12(17-2)14(19-4)13(8-11)18-3/h5,7-8H,9H2,1-4H3. The fourth-order valence-electron chi connectivity index (χ4n) is 1.71. The van der Waals surface area contributed by atoms with E-state index in [-0.39, 0.29) is 0 Å². The van der Waals surface area contributed by atoms with Crippen molar-refractivity contribution < 1.29 is 18.9 Å². The monoisotopic (exact) mass is 263 g/mol. The normalized spacial score (nSPS) is 10.8. The van der Waals surface area contributed by atoms with Crippen LogP contribution in [0.15, 0.2) is 18.2 Å². The maximum Gasteiger partial charge on any atom is 0.203 e. The topological polar surface area (TPSA) is 60.7 Å². The first kappa shape index (κ1) is 14.9. The molecule has 1 aromatic rings. The summed E-state index contributed by atoms with van der Waals surface area (Å²) in [6, 6.07) is 5.56. The van der Waals surface area contributed by atoms with Gasteiger partial charge in [0.1, 0.15) is 0 Å². The largest absolute Gasteiger partial charge is 0.493 e. The summed E-state index contributed by atoms with van der Waals surface area (Å²) in [6.45, 7) is 0.326. The zero-order valence-electron chi connectivity index (χ0n) is 11.5. The van der Waals surface area contributed by atoms with Gasteiger partial charge in [0.2, 0.25) is 5.75 Å². The molecule has 1 aromatic carbocycles. The Morgan fingerprint density at radius 3 is 2.05 bits per heavy atom. The first-order valence-electron chi connectivity index (χ1n) is 5.59. The third-order valence-electron chi connectivity index (χ3n) is 2.57. The van der Waals surface area contributed by atoms with Gasteiger partial charge in [-0.15, -0.1) is 0 Å². The molecule has 0 radical (unpaired) electrons. The second kappa shape index (κ2) is 7.29. The van der Waals surface area contributed by atoms with Crippen molar-refractivity contribution in [2.24, 2.45) is 0 Å². The fourth-order valence-corrected chi connectivity index (χ4v) is 1.71. The van der Waals surface area contributed by atoms with Crippen molar-refractivity contribution in [3.63, 3.8) is 0 Å². The average molecular weight is 263 g/mol. The van der Waals surface area contributed by atoms with Crippen LogP contribution in [0.2, 0.25) is 0 Å². The van der Waals surface area contributed by atoms with Gasteiger partial charge in [0.25, 0.3) is 0 Å². The second-order valence-electron chi connectivity index (χ2n) is 3.65. The van der Waals surface area contributed by atoms with E-state index in [1.165, 1.54) is 6.08 Å². The van der Waals surface area contributed by atoms with Crippen LogP contribution in [0.25, 0.3) is 5.57 Å². The molecule has 5 heteroatoms. The number of ether oxygens (including phenoxy) is 4. The molecular formula is C14H17NO4. The van der Waals surface area contributed by atoms with Crippen molar-refractivity contribution in [2.75, 3.05) is 35.0 Å². The van der Waals surface area contributed by atoms with Crippen molar-refractivity contribution in [1.82, 2.24) is 0 Å². The zero-order valence-corrected chi connectivity index (χ0v) is 11.5. The molecule has 5 nitrogen and oxygen atoms in total. The maximum atomic E-state index is 8.81. The lowest BCUT2D eigenvalue weighted by atomic mass is 10.0. The number of nitriles is 1. The minimum atomic E-state index is 0.326. The molecule has 0 bridgehead atoms. The number of allylic oxidation sites excluding steroid dienone is 1. The van der Waals surface area contributed by atoms with Gasteiger partial charge in [-0.3, -0.25) is 0 Å². The maximum absolute atomic E-state index is 8.81. The van der Waals surface area contributed by atoms with E-state index in [1.54, 1.807) is 40.6 Å². The van der Waals surface area contributed by atoms with E-state index < -0.39 is 0 Å². The quantitative estimate of drug-likeness (QED) is 0.737. The van der Waals surface area contributed by atoms with Gasteiger partial charge in [-0.05, 0) is 23.3 Å². The van der Waals surface area contributed by atoms with Gasteiger partial charge in [-0.25, -0.2) is 0 Å². The molecule has 0 saturated carbocycles. The van der Waals surface area contributed by atoms with E-state index >= 15 is 0 Å². The van der Waals surface area contributed by atoms with Gasteiger partial charge in [0, 0.05) is 13.2 Å². The van der Waals surface area contributed by atoms with Crippen molar-refractivity contribution in [3.05, 3.63) is 23.8 Å². The van der Waals surface area contributed by atoms with Crippen LogP contribution in [0.3, 0.4) is 0 Å². The summed E-state index contributed by atoms with van der Waals surface area (Å²) in [5, 5.41) is 8.81. The van der Waals surface area contributed by atoms with Crippen LogP contribution in [0.4, 0.5) is 0 Å². The van der Waals surface area contributed by atoms with Gasteiger partial charge < -0.3 is 18.9 Å². The van der Waals surface area contributed by atoms with Gasteiger partial charge in [-0.1, -0.05) is 0 Å². The van der Waals surface area contributed by atoms with E-state index in [0.29, 0.717) is 23.9 Å². The zero-order chi connectivity index (χ0) is 14.3. The van der Waals surface area contributed by atoms with E-state index in [4.69, 9.17) is 24.2 Å². The van der Waals surface area contributed by atoms with Crippen LogP contribution in [0, 0.1) is 11.3 Å². The van der Waals surface area contributed by atoms with Crippen LogP contribution in [0.1, 0.15) is 5.56 Å². The molecule has 0 spiro atoms. The Hall–Kier alpha value is -2.19. The van der Waals surface area contributed by atoms with Crippen LogP contribution in [0.5, 0.6) is 17.2 Å². The number of hydrogen-bond acceptors (Lipinski definition) is 5. The summed E-state index contributed by atoms with van der Waals surface area (Å²) >= 11 is 0. The van der Waals surface area contributed by atoms with Crippen molar-refractivity contribution in [2.45, 2.75) is 0 Å². The molecule has 1 rings (SSSR count). The highest BCUT2D eigenvalue weighted by Gasteiger charge is 2.15. The van der Waals surface area contributed by atoms with E-state index in [0.717, 1.165) is 11.1 Å². The number of hydrogen-bond donors (Lipinski definition) is 0. The summed E-state index contributed by atoms with van der Waals surface area (Å²) in [7, 11) is 6.21. The predicted molar refractivity (Wildman–Crippen MR) is 71.6 cm³/mol. The van der Waals surface area contributed by atoms with Gasteiger partial charge >= 0.3 is 0 Å². The van der Waals surface area contributed by atoms with Gasteiger partial charge in [0.05, 0.1) is 34.0 Å². The lowest BCUT2D eigenvalue weighted by molar-refractivity contribution is 0.239. The molecule has 0 N–H and O–H groups in total. The lowest BCUT2D eigenvalue weighted by Crippen LogP contribution is -1.99. The Morgan fingerprint density at radius 2 is 1.68 bits per heavy atom. The average Bonchev–Trinajstić information content (AvgIpc) is 2.45. The summed E-state index contributed by atoms with van der Waals surface area (Å²) in [5.41, 5.74) is 1.53. The molecule has 0 saturated heterocycles. The molecule has 0 aliphatic heterocycles. The third-order valence-corrected chi connectivity index (χ3v) is 2.57. The Kier molecular flexibility index (Phi) is 5.71. The first-order chi connectivity index (χ1) is 9.21. The molecular weight excluding hydrogens is 246 g/mol. The van der Waals surface area contributed by atoms with Gasteiger partial charge in [0.15, 0.2) is 11.5 Å². The molecule has 0 fully saturated rings. The minimum absolute atomic E-state index is 0.326. The Morgan fingerprint density at radius 1 is 1.11 bits per heavy atom. The highest BCUT2D eigenvalue weighted by Crippen LogP contribution is 2.39. The molecule has 19 heavy (non-hydrogen) atoms. The number of methoxy groups -OCH3 is 4. The van der Waals surface area contributed by atoms with Crippen molar-refractivity contribution in [1.29, 1.82) is 5.26 Å². The molecule has 0 aliphatic rings. The number of nitrogens with zero attached hydrogens (tertiary/aromatic N) is 1.